The van der Waals surface area contributed by atoms with Gasteiger partial charge in [-0.1, -0.05) is 17.3 Å². The highest BCUT2D eigenvalue weighted by Crippen LogP contribution is 2.36. The topological polar surface area (TPSA) is 58.7 Å². The van der Waals surface area contributed by atoms with E-state index in [1.165, 1.54) is 0 Å². The van der Waals surface area contributed by atoms with Crippen LogP contribution in [0.5, 0.6) is 5.75 Å². The number of ether oxygens (including phenoxy) is 1. The van der Waals surface area contributed by atoms with Crippen LogP contribution in [0.2, 0.25) is 0 Å². The molecule has 1 aromatic carbocycles. The van der Waals surface area contributed by atoms with E-state index in [0.29, 0.717) is 6.54 Å². The lowest BCUT2D eigenvalue weighted by Gasteiger charge is -2.36. The summed E-state index contributed by atoms with van der Waals surface area (Å²) in [6.45, 7) is 5.45. The first-order valence-corrected chi connectivity index (χ1v) is 8.04. The minimum atomic E-state index is -0.915. The van der Waals surface area contributed by atoms with Gasteiger partial charge in [0.1, 0.15) is 17.1 Å². The summed E-state index contributed by atoms with van der Waals surface area (Å²) in [7, 11) is 1.64. The summed E-state index contributed by atoms with van der Waals surface area (Å²) in [6.07, 6.45) is 2.05. The highest BCUT2D eigenvalue weighted by molar-refractivity contribution is 5.31. The largest absolute Gasteiger partial charge is 0.497 e. The van der Waals surface area contributed by atoms with Gasteiger partial charge in [-0.3, -0.25) is 4.90 Å². The van der Waals surface area contributed by atoms with Crippen molar-refractivity contribution in [2.45, 2.75) is 44.9 Å². The molecule has 3 rings (SSSR count). The maximum atomic E-state index is 11.2. The van der Waals surface area contributed by atoms with Gasteiger partial charge >= 0.3 is 0 Å². The van der Waals surface area contributed by atoms with Crippen LogP contribution in [-0.2, 0) is 12.1 Å². The fourth-order valence-corrected chi connectivity index (χ4v) is 3.47. The predicted octanol–water partition coefficient (Wildman–Crippen LogP) is 2.86. The number of hydrogen-bond donors (Lipinski definition) is 1. The Kier molecular flexibility index (Phi) is 4.41. The van der Waals surface area contributed by atoms with E-state index in [2.05, 4.69) is 10.1 Å². The number of aliphatic hydroxyl groups is 1. The molecule has 0 amide bonds. The molecule has 2 heterocycles. The first-order valence-electron chi connectivity index (χ1n) is 8.04. The second-order valence-electron chi connectivity index (χ2n) is 6.43. The van der Waals surface area contributed by atoms with E-state index in [9.17, 15) is 5.11 Å². The van der Waals surface area contributed by atoms with Crippen molar-refractivity contribution in [2.75, 3.05) is 13.7 Å². The molecule has 0 bridgehead atoms. The van der Waals surface area contributed by atoms with Crippen molar-refractivity contribution in [3.8, 4) is 5.75 Å². The van der Waals surface area contributed by atoms with Gasteiger partial charge in [0.05, 0.1) is 12.8 Å². The molecule has 0 aliphatic carbocycles. The Morgan fingerprint density at radius 2 is 2.13 bits per heavy atom. The van der Waals surface area contributed by atoms with Crippen LogP contribution in [0.4, 0.5) is 0 Å². The van der Waals surface area contributed by atoms with Gasteiger partial charge in [0.25, 0.3) is 0 Å². The smallest absolute Gasteiger partial charge is 0.133 e. The third-order valence-electron chi connectivity index (χ3n) is 4.73. The van der Waals surface area contributed by atoms with Crippen LogP contribution < -0.4 is 4.74 Å². The quantitative estimate of drug-likeness (QED) is 0.919. The molecule has 0 saturated carbocycles. The third kappa shape index (κ3) is 3.26. The van der Waals surface area contributed by atoms with Gasteiger partial charge in [-0.05, 0) is 50.9 Å². The summed E-state index contributed by atoms with van der Waals surface area (Å²) in [5.74, 6) is 1.61. The average Bonchev–Trinajstić information content (AvgIpc) is 3.17. The van der Waals surface area contributed by atoms with Gasteiger partial charge < -0.3 is 14.4 Å². The van der Waals surface area contributed by atoms with Crippen molar-refractivity contribution in [2.24, 2.45) is 0 Å². The van der Waals surface area contributed by atoms with Crippen molar-refractivity contribution in [3.05, 3.63) is 47.3 Å². The number of hydrogen-bond acceptors (Lipinski definition) is 5. The Hall–Kier alpha value is -1.85. The first-order chi connectivity index (χ1) is 11.0. The zero-order valence-electron chi connectivity index (χ0n) is 14.0. The Balaban J connectivity index is 1.79. The molecular weight excluding hydrogens is 292 g/mol. The maximum absolute atomic E-state index is 11.2. The minimum Gasteiger partial charge on any atom is -0.497 e. The van der Waals surface area contributed by atoms with E-state index in [1.54, 1.807) is 7.11 Å². The van der Waals surface area contributed by atoms with Crippen molar-refractivity contribution in [1.29, 1.82) is 0 Å². The van der Waals surface area contributed by atoms with Crippen LogP contribution in [0.3, 0.4) is 0 Å². The number of likely N-dealkylation sites (tertiary alicyclic amines) is 1. The molecule has 5 heteroatoms. The number of rotatable bonds is 5. The van der Waals surface area contributed by atoms with Gasteiger partial charge in [0, 0.05) is 18.7 Å². The van der Waals surface area contributed by atoms with E-state index >= 15 is 0 Å². The van der Waals surface area contributed by atoms with Crippen LogP contribution in [0.1, 0.15) is 36.8 Å². The highest BCUT2D eigenvalue weighted by Gasteiger charge is 2.40. The van der Waals surface area contributed by atoms with Crippen LogP contribution >= 0.6 is 0 Å². The Morgan fingerprint density at radius 3 is 2.74 bits per heavy atom. The third-order valence-corrected chi connectivity index (χ3v) is 4.73. The van der Waals surface area contributed by atoms with Gasteiger partial charge in [0.2, 0.25) is 0 Å². The fourth-order valence-electron chi connectivity index (χ4n) is 3.47. The van der Waals surface area contributed by atoms with E-state index in [1.807, 2.05) is 44.2 Å². The number of nitrogens with zero attached hydrogens (tertiary/aromatic N) is 2. The molecule has 1 aromatic heterocycles. The predicted molar refractivity (Wildman–Crippen MR) is 87.2 cm³/mol. The van der Waals surface area contributed by atoms with E-state index in [0.717, 1.165) is 42.2 Å². The SMILES string of the molecule is COc1ccc([C@@](C)(O)[C@H]2CCCN2Cc2cc(C)on2)cc1. The molecule has 124 valence electrons. The summed E-state index contributed by atoms with van der Waals surface area (Å²) >= 11 is 0. The lowest BCUT2D eigenvalue weighted by molar-refractivity contribution is -0.0259. The first kappa shape index (κ1) is 16.0. The molecule has 0 radical (unpaired) electrons. The van der Waals surface area contributed by atoms with Crippen molar-refractivity contribution in [3.63, 3.8) is 0 Å². The van der Waals surface area contributed by atoms with Crippen LogP contribution in [0.25, 0.3) is 0 Å². The van der Waals surface area contributed by atoms with Crippen molar-refractivity contribution < 1.29 is 14.4 Å². The maximum Gasteiger partial charge on any atom is 0.133 e. The fraction of sp³-hybridized carbons (Fsp3) is 0.500. The molecule has 23 heavy (non-hydrogen) atoms. The second kappa shape index (κ2) is 6.34. The number of aryl methyl sites for hydroxylation is 1. The Bertz CT molecular complexity index is 649. The molecule has 1 aliphatic heterocycles. The molecule has 5 nitrogen and oxygen atoms in total. The highest BCUT2D eigenvalue weighted by atomic mass is 16.5. The second-order valence-corrected chi connectivity index (χ2v) is 6.43. The molecule has 1 N–H and O–H groups in total. The van der Waals surface area contributed by atoms with Gasteiger partial charge in [-0.15, -0.1) is 0 Å². The lowest BCUT2D eigenvalue weighted by atomic mass is 9.86. The van der Waals surface area contributed by atoms with Crippen LogP contribution in [0, 0.1) is 6.92 Å². The van der Waals surface area contributed by atoms with Gasteiger partial charge in [-0.25, -0.2) is 0 Å². The molecule has 1 fully saturated rings. The lowest BCUT2D eigenvalue weighted by Crippen LogP contribution is -2.45. The van der Waals surface area contributed by atoms with Crippen LogP contribution in [0.15, 0.2) is 34.9 Å². The van der Waals surface area contributed by atoms with Gasteiger partial charge in [-0.2, -0.15) is 0 Å². The van der Waals surface area contributed by atoms with E-state index in [4.69, 9.17) is 9.26 Å². The summed E-state index contributed by atoms with van der Waals surface area (Å²) in [4.78, 5) is 2.29. The van der Waals surface area contributed by atoms with E-state index in [-0.39, 0.29) is 6.04 Å². The number of benzene rings is 1. The number of aromatic nitrogens is 1. The normalized spacial score (nSPS) is 21.3. The Labute approximate surface area is 136 Å². The standard InChI is InChI=1S/C18H24N2O3/c1-13-11-15(19-23-13)12-20-10-4-5-17(20)18(2,21)14-6-8-16(22-3)9-7-14/h6-9,11,17,21H,4-5,10,12H2,1-3H3/t17-,18-/m1/s1. The average molecular weight is 316 g/mol. The molecule has 2 aromatic rings. The molecule has 2 atom stereocenters. The molecule has 1 saturated heterocycles. The number of methoxy groups -OCH3 is 1. The monoisotopic (exact) mass is 316 g/mol. The zero-order valence-corrected chi connectivity index (χ0v) is 14.0. The summed E-state index contributed by atoms with van der Waals surface area (Å²) in [5, 5.41) is 15.3. The molecular formula is C18H24N2O3. The molecule has 0 spiro atoms. The summed E-state index contributed by atoms with van der Waals surface area (Å²) in [6, 6.07) is 9.68. The summed E-state index contributed by atoms with van der Waals surface area (Å²) in [5.41, 5.74) is 0.910. The Morgan fingerprint density at radius 1 is 1.39 bits per heavy atom. The van der Waals surface area contributed by atoms with Crippen molar-refractivity contribution in [1.82, 2.24) is 10.1 Å². The summed E-state index contributed by atoms with van der Waals surface area (Å²) < 4.78 is 10.4. The van der Waals surface area contributed by atoms with E-state index < -0.39 is 5.60 Å². The molecule has 0 unspecified atom stereocenters. The molecule has 1 aliphatic rings. The zero-order chi connectivity index (χ0) is 16.4. The minimum absolute atomic E-state index is 0.0629. The van der Waals surface area contributed by atoms with Crippen LogP contribution in [-0.4, -0.2) is 34.9 Å². The van der Waals surface area contributed by atoms with Gasteiger partial charge in [0.15, 0.2) is 0 Å². The van der Waals surface area contributed by atoms with Crippen molar-refractivity contribution >= 4 is 0 Å².